The summed E-state index contributed by atoms with van der Waals surface area (Å²) in [6.07, 6.45) is 5.12. The van der Waals surface area contributed by atoms with Gasteiger partial charge >= 0.3 is 0 Å². The molecule has 10 heteroatoms. The molecule has 2 aromatic carbocycles. The molecule has 5 heterocycles. The molecule has 1 saturated carbocycles. The van der Waals surface area contributed by atoms with Crippen molar-refractivity contribution >= 4 is 45.4 Å². The molecule has 0 spiro atoms. The van der Waals surface area contributed by atoms with Gasteiger partial charge in [-0.2, -0.15) is 4.68 Å². The molecule has 3 unspecified atom stereocenters. The molecule has 2 aliphatic heterocycles. The molecule has 3 aliphatic rings. The number of H-pyrrole nitrogens is 1. The fraction of sp³-hybridized carbons (Fsp3) is 0.179. The second kappa shape index (κ2) is 7.99. The van der Waals surface area contributed by atoms with E-state index in [-0.39, 0.29) is 11.6 Å². The van der Waals surface area contributed by atoms with E-state index in [4.69, 9.17) is 28.2 Å². The van der Waals surface area contributed by atoms with E-state index in [0.29, 0.717) is 28.4 Å². The lowest BCUT2D eigenvalue weighted by Crippen LogP contribution is -2.29. The molecule has 0 amide bonds. The van der Waals surface area contributed by atoms with Gasteiger partial charge in [0.1, 0.15) is 11.5 Å². The molecule has 0 radical (unpaired) electrons. The van der Waals surface area contributed by atoms with E-state index in [1.165, 1.54) is 6.33 Å². The second-order valence-electron chi connectivity index (χ2n) is 10.1. The van der Waals surface area contributed by atoms with Gasteiger partial charge < -0.3 is 9.55 Å². The smallest absolute Gasteiger partial charge is 0.251 e. The van der Waals surface area contributed by atoms with Crippen LogP contribution in [-0.2, 0) is 0 Å². The molecule has 3 aromatic heterocycles. The maximum atomic E-state index is 13.6. The molecule has 38 heavy (non-hydrogen) atoms. The summed E-state index contributed by atoms with van der Waals surface area (Å²) in [6, 6.07) is 17.5. The summed E-state index contributed by atoms with van der Waals surface area (Å²) in [5, 5.41) is 13.8. The number of nitrogens with one attached hydrogen (secondary N) is 1. The van der Waals surface area contributed by atoms with E-state index in [9.17, 15) is 4.79 Å². The third kappa shape index (κ3) is 3.27. The van der Waals surface area contributed by atoms with E-state index in [2.05, 4.69) is 44.8 Å². The zero-order valence-electron chi connectivity index (χ0n) is 19.8. The van der Waals surface area contributed by atoms with E-state index < -0.39 is 0 Å². The van der Waals surface area contributed by atoms with Crippen molar-refractivity contribution in [1.29, 1.82) is 0 Å². The maximum Gasteiger partial charge on any atom is 0.251 e. The highest BCUT2D eigenvalue weighted by Gasteiger charge is 2.54. The molecule has 1 fully saturated rings. The number of pyridine rings is 1. The Kier molecular flexibility index (Phi) is 4.63. The normalized spacial score (nSPS) is 21.6. The number of allylic oxidation sites excluding steroid dienone is 1. The van der Waals surface area contributed by atoms with Crippen molar-refractivity contribution in [2.24, 2.45) is 10.9 Å². The molecule has 0 saturated heterocycles. The largest absolute Gasteiger partial charge is 0.361 e. The molecule has 3 atom stereocenters. The second-order valence-corrected chi connectivity index (χ2v) is 10.9. The molecular weight excluding hydrogens is 521 g/mol. The van der Waals surface area contributed by atoms with Crippen LogP contribution in [0.5, 0.6) is 0 Å². The number of fused-ring (bicyclic) bond motifs is 4. The zero-order valence-corrected chi connectivity index (χ0v) is 21.4. The molecule has 186 valence electrons. The van der Waals surface area contributed by atoms with E-state index in [1.54, 1.807) is 16.8 Å². The minimum atomic E-state index is -0.0860. The number of aliphatic imine (C=N–C) groups is 1. The van der Waals surface area contributed by atoms with Gasteiger partial charge in [-0.25, -0.2) is 4.99 Å². The first-order valence-electron chi connectivity index (χ1n) is 12.4. The molecule has 5 aromatic rings. The summed E-state index contributed by atoms with van der Waals surface area (Å²) in [5.41, 5.74) is 7.44. The Hall–Kier alpha value is -4.01. The van der Waals surface area contributed by atoms with Crippen molar-refractivity contribution in [3.63, 3.8) is 0 Å². The number of hydrogen-bond donors (Lipinski definition) is 1. The lowest BCUT2D eigenvalue weighted by Gasteiger charge is -2.20. The predicted octanol–water partition coefficient (Wildman–Crippen LogP) is 5.74. The number of aromatic nitrogens is 6. The average Bonchev–Trinajstić information content (AvgIpc) is 3.35. The Morgan fingerprint density at radius 2 is 1.92 bits per heavy atom. The molecular formula is C28H19Cl2N7O. The average molecular weight is 540 g/mol. The predicted molar refractivity (Wildman–Crippen MR) is 147 cm³/mol. The fourth-order valence-electron chi connectivity index (χ4n) is 6.16. The maximum absolute atomic E-state index is 13.6. The number of nitrogens with zero attached hydrogens (tertiary/aromatic N) is 6. The van der Waals surface area contributed by atoms with E-state index >= 15 is 0 Å². The van der Waals surface area contributed by atoms with Gasteiger partial charge in [0.15, 0.2) is 0 Å². The van der Waals surface area contributed by atoms with Gasteiger partial charge in [0.05, 0.1) is 11.7 Å². The SMILES string of the molecule is O=c1cc(-c2cc(Cl)ccc2-n2cnnn2)cc2n1C(C1=NC(Cl)=C(c3ccc4[nH]ccc4c3)C1)C1CC21. The third-order valence-electron chi connectivity index (χ3n) is 7.96. The van der Waals surface area contributed by atoms with E-state index in [1.807, 2.05) is 29.0 Å². The number of tetrazole rings is 1. The van der Waals surface area contributed by atoms with Crippen LogP contribution >= 0.6 is 23.2 Å². The van der Waals surface area contributed by atoms with E-state index in [0.717, 1.165) is 56.7 Å². The van der Waals surface area contributed by atoms with Gasteiger partial charge in [0.25, 0.3) is 5.56 Å². The Bertz CT molecular complexity index is 1900. The summed E-state index contributed by atoms with van der Waals surface area (Å²) in [6.45, 7) is 0. The van der Waals surface area contributed by atoms with Gasteiger partial charge in [-0.3, -0.25) is 4.79 Å². The molecule has 0 bridgehead atoms. The summed E-state index contributed by atoms with van der Waals surface area (Å²) >= 11 is 13.0. The number of rotatable bonds is 4. The molecule has 1 aliphatic carbocycles. The van der Waals surface area contributed by atoms with Gasteiger partial charge in [-0.1, -0.05) is 29.3 Å². The van der Waals surface area contributed by atoms with Crippen LogP contribution < -0.4 is 5.56 Å². The lowest BCUT2D eigenvalue weighted by molar-refractivity contribution is 0.584. The summed E-state index contributed by atoms with van der Waals surface area (Å²) in [5.74, 6) is 0.677. The van der Waals surface area contributed by atoms with Gasteiger partial charge in [0, 0.05) is 57.7 Å². The van der Waals surface area contributed by atoms with Crippen LogP contribution in [0.2, 0.25) is 5.02 Å². The molecule has 8 nitrogen and oxygen atoms in total. The summed E-state index contributed by atoms with van der Waals surface area (Å²) in [7, 11) is 0. The topological polar surface area (TPSA) is 93.8 Å². The first-order chi connectivity index (χ1) is 18.5. The van der Waals surface area contributed by atoms with Crippen LogP contribution in [0.4, 0.5) is 0 Å². The lowest BCUT2D eigenvalue weighted by atomic mass is 9.97. The quantitative estimate of drug-likeness (QED) is 0.295. The summed E-state index contributed by atoms with van der Waals surface area (Å²) in [4.78, 5) is 21.7. The first-order valence-corrected chi connectivity index (χ1v) is 13.1. The van der Waals surface area contributed by atoms with Crippen LogP contribution in [0.3, 0.4) is 0 Å². The van der Waals surface area contributed by atoms with Crippen LogP contribution in [-0.4, -0.2) is 35.5 Å². The Morgan fingerprint density at radius 1 is 1.00 bits per heavy atom. The fourth-order valence-corrected chi connectivity index (χ4v) is 6.62. The minimum Gasteiger partial charge on any atom is -0.361 e. The number of hydrogen-bond acceptors (Lipinski definition) is 5. The number of aromatic amines is 1. The molecule has 1 N–H and O–H groups in total. The van der Waals surface area contributed by atoms with Crippen molar-refractivity contribution < 1.29 is 0 Å². The van der Waals surface area contributed by atoms with Gasteiger partial charge in [-0.15, -0.1) is 5.10 Å². The minimum absolute atomic E-state index is 0.0571. The summed E-state index contributed by atoms with van der Waals surface area (Å²) < 4.78 is 3.50. The highest BCUT2D eigenvalue weighted by atomic mass is 35.5. The zero-order chi connectivity index (χ0) is 25.5. The Morgan fingerprint density at radius 3 is 2.79 bits per heavy atom. The highest BCUT2D eigenvalue weighted by Crippen LogP contribution is 2.60. The Labute approximate surface area is 226 Å². The highest BCUT2D eigenvalue weighted by molar-refractivity contribution is 6.35. The standard InChI is InChI=1S/C28H19Cl2N7O/c29-17-2-4-24(36-13-32-34-35-36)18(10-17)16-8-25-20-11-21(20)27(37(25)26(38)9-16)23-12-19(28(30)33-23)14-1-3-22-15(7-14)5-6-31-22/h1-10,13,20-21,27,31H,11-12H2. The van der Waals surface area contributed by atoms with Gasteiger partial charge in [0.2, 0.25) is 0 Å². The number of benzene rings is 2. The monoisotopic (exact) mass is 539 g/mol. The van der Waals surface area contributed by atoms with Gasteiger partial charge in [-0.05, 0) is 81.7 Å². The van der Waals surface area contributed by atoms with Crippen molar-refractivity contribution in [2.45, 2.75) is 24.8 Å². The van der Waals surface area contributed by atoms with Crippen LogP contribution in [0.25, 0.3) is 33.3 Å². The first kappa shape index (κ1) is 22.0. The molecule has 8 rings (SSSR count). The van der Waals surface area contributed by atoms with Crippen LogP contribution in [0.1, 0.15) is 36.1 Å². The van der Waals surface area contributed by atoms with Crippen molar-refractivity contribution in [3.05, 3.63) is 98.9 Å². The third-order valence-corrected chi connectivity index (χ3v) is 8.51. The van der Waals surface area contributed by atoms with Crippen LogP contribution in [0.15, 0.2) is 82.1 Å². The van der Waals surface area contributed by atoms with Crippen molar-refractivity contribution in [3.8, 4) is 16.8 Å². The van der Waals surface area contributed by atoms with Crippen LogP contribution in [0, 0.1) is 5.92 Å². The van der Waals surface area contributed by atoms with Crippen molar-refractivity contribution in [1.82, 2.24) is 29.8 Å². The Balaban J connectivity index is 1.17. The van der Waals surface area contributed by atoms with Crippen molar-refractivity contribution in [2.75, 3.05) is 0 Å². The number of halogens is 2.